The highest BCUT2D eigenvalue weighted by Crippen LogP contribution is 2.54. The van der Waals surface area contributed by atoms with E-state index in [-0.39, 0.29) is 89.9 Å². The summed E-state index contributed by atoms with van der Waals surface area (Å²) in [4.78, 5) is 2.76. The Bertz CT molecular complexity index is 5620. The molecular weight excluding hydrogens is 920 g/mol. The maximum absolute atomic E-state index is 11.1. The van der Waals surface area contributed by atoms with Crippen LogP contribution in [-0.4, -0.2) is 11.3 Å². The molecule has 0 aliphatic carbocycles. The molecule has 0 bridgehead atoms. The molecule has 1 aromatic heterocycles. The number of fused-ring (bicyclic) bond motifs is 9. The number of hydrogen-bond acceptors (Lipinski definition) is 3. The molecule has 0 amide bonds. The van der Waals surface area contributed by atoms with E-state index in [0.717, 1.165) is 4.90 Å². The van der Waals surface area contributed by atoms with Gasteiger partial charge in [0.25, 0.3) is 6.71 Å². The monoisotopic (exact) mass is 1020 g/mol. The van der Waals surface area contributed by atoms with Gasteiger partial charge in [0, 0.05) is 50.6 Å². The van der Waals surface area contributed by atoms with Crippen molar-refractivity contribution in [2.24, 2.45) is 0 Å². The topological polar surface area (TPSA) is 14.7 Å². The molecule has 4 heterocycles. The van der Waals surface area contributed by atoms with Crippen LogP contribution in [0.3, 0.4) is 0 Å². The maximum Gasteiger partial charge on any atom is 0.252 e. The van der Waals surface area contributed by atoms with E-state index in [2.05, 4.69) is 0 Å². The van der Waals surface area contributed by atoms with Gasteiger partial charge in [0.15, 0.2) is 0 Å². The second kappa shape index (κ2) is 16.6. The molecule has 10 aromatic rings. The molecule has 9 aromatic carbocycles. The van der Waals surface area contributed by atoms with Crippen LogP contribution in [-0.2, 0) is 21.7 Å². The van der Waals surface area contributed by atoms with Crippen LogP contribution in [0.25, 0.3) is 38.6 Å². The van der Waals surface area contributed by atoms with Gasteiger partial charge in [-0.2, -0.15) is 0 Å². The number of para-hydroxylation sites is 1. The zero-order valence-electron chi connectivity index (χ0n) is 74.4. The minimum absolute atomic E-state index is 0.0329. The van der Waals surface area contributed by atoms with Gasteiger partial charge in [-0.25, -0.2) is 0 Å². The zero-order chi connectivity index (χ0) is 79.1. The van der Waals surface area contributed by atoms with Gasteiger partial charge in [0.05, 0.1) is 69.2 Å². The smallest absolute Gasteiger partial charge is 0.252 e. The molecule has 3 aliphatic heterocycles. The van der Waals surface area contributed by atoms with Gasteiger partial charge in [0.2, 0.25) is 0 Å². The third-order valence-electron chi connectivity index (χ3n) is 13.9. The SMILES string of the molecule is [2H]c1c([2H])c([2H])c(-c2c([2H])c([2H])c(N3c4c([2H])c(N(c5c([2H])c([2H])c(C(C)(C)C)c([2H])c5[2H])c5c([2H])c([2H])c(C(C)(C)C)c([2H])c5[2H])c([2H])c([2H])c4B4c5c3c([2H])c(C)c([2H])c5N3c5c4c([2H])c([2H])c([2H])c5-n4c5c([2H])c([2H])c(C(C)(C)C)c([2H])c5c5c([2H])c(C(C)(C)C)c([2H])c3c54)c([2H])c2[2H])c([2H])c1[2H]. The molecule has 0 saturated heterocycles. The summed E-state index contributed by atoms with van der Waals surface area (Å²) >= 11 is 0. The van der Waals surface area contributed by atoms with Crippen molar-refractivity contribution < 1.29 is 41.1 Å². The van der Waals surface area contributed by atoms with Crippen LogP contribution >= 0.6 is 0 Å². The standard InChI is InChI=1S/C71H69BN4/c1-44-38-62-65-63(39-44)76-64-42-50(71(11,12)13)41-56-55-40-49(70(8,9)10)28-37-59(55)75(66(56)64)60-21-17-20-58(67(60)76)72(65)57-36-35-54(43-61(57)74(62)53-29-22-46(23-30-53)45-18-15-14-16-19-45)73(51-31-24-47(25-32-51)68(2,3)4)52-33-26-48(27-34-52)69(5,6)7/h14-43H,1-13H3/i14D,15D,16D,17D,18D,19D,20D,21D,22D,23D,24D,25D,26D,27D,28D,29D,30D,31D,32D,33D,34D,35D,36D,37D,38D,39D,40D,41D,42D,43D. The molecule has 376 valence electrons. The second-order valence-corrected chi connectivity index (χ2v) is 23.6. The van der Waals surface area contributed by atoms with E-state index >= 15 is 0 Å². The van der Waals surface area contributed by atoms with Crippen molar-refractivity contribution >= 4 is 96.1 Å². The summed E-state index contributed by atoms with van der Waals surface area (Å²) < 4.78 is 298. The molecule has 0 spiro atoms. The number of benzene rings is 9. The van der Waals surface area contributed by atoms with Gasteiger partial charge >= 0.3 is 0 Å². The molecule has 5 heteroatoms. The molecule has 0 unspecified atom stereocenters. The van der Waals surface area contributed by atoms with E-state index in [0.29, 0.717) is 4.90 Å². The summed E-state index contributed by atoms with van der Waals surface area (Å²) in [7, 11) is 0. The summed E-state index contributed by atoms with van der Waals surface area (Å²) in [6.07, 6.45) is 0. The Balaban J connectivity index is 1.32. The number of nitrogens with zero attached hydrogens (tertiary/aromatic N) is 4. The second-order valence-electron chi connectivity index (χ2n) is 23.6. The van der Waals surface area contributed by atoms with Crippen molar-refractivity contribution in [1.29, 1.82) is 0 Å². The van der Waals surface area contributed by atoms with E-state index in [9.17, 15) is 34.3 Å². The van der Waals surface area contributed by atoms with Crippen molar-refractivity contribution in [3.05, 3.63) is 209 Å². The summed E-state index contributed by atoms with van der Waals surface area (Å²) in [5.41, 5.74) is -14.7. The Morgan fingerprint density at radius 2 is 0.961 bits per heavy atom. The first-order valence-electron chi connectivity index (χ1n) is 40.0. The Hall–Kier alpha value is -7.76. The quantitative estimate of drug-likeness (QED) is 0.160. The fraction of sp³-hybridized carbons (Fsp3) is 0.239. The summed E-state index contributed by atoms with van der Waals surface area (Å²) in [6.45, 7) is 19.3. The summed E-state index contributed by atoms with van der Waals surface area (Å²) in [5.74, 6) is 0. The summed E-state index contributed by atoms with van der Waals surface area (Å²) in [6, 6.07) is -24.5. The predicted molar refractivity (Wildman–Crippen MR) is 328 cm³/mol. The van der Waals surface area contributed by atoms with Crippen LogP contribution in [0.2, 0.25) is 0 Å². The molecule has 13 rings (SSSR count). The zero-order valence-corrected chi connectivity index (χ0v) is 44.4. The fourth-order valence-electron chi connectivity index (χ4n) is 10.0. The fourth-order valence-corrected chi connectivity index (χ4v) is 10.0. The van der Waals surface area contributed by atoms with Gasteiger partial charge in [-0.05, 0) is 175 Å². The van der Waals surface area contributed by atoms with Crippen molar-refractivity contribution in [3.63, 3.8) is 0 Å². The molecule has 0 saturated carbocycles. The highest BCUT2D eigenvalue weighted by atomic mass is 15.2. The van der Waals surface area contributed by atoms with Crippen molar-refractivity contribution in [2.45, 2.75) is 112 Å². The first-order valence-corrected chi connectivity index (χ1v) is 25.0. The van der Waals surface area contributed by atoms with E-state index in [1.54, 1.807) is 83.1 Å². The minimum atomic E-state index is -2.02. The molecule has 76 heavy (non-hydrogen) atoms. The number of anilines is 9. The minimum Gasteiger partial charge on any atom is -0.311 e. The molecule has 0 fully saturated rings. The maximum atomic E-state index is 11.1. The average molecular weight is 1020 g/mol. The highest BCUT2D eigenvalue weighted by Gasteiger charge is 2.47. The molecule has 3 aliphatic rings. The molecule has 0 radical (unpaired) electrons. The van der Waals surface area contributed by atoms with Gasteiger partial charge in [-0.15, -0.1) is 0 Å². The first-order chi connectivity index (χ1) is 48.7. The van der Waals surface area contributed by atoms with Gasteiger partial charge in [-0.3, -0.25) is 0 Å². The highest BCUT2D eigenvalue weighted by molar-refractivity contribution is 7.00. The van der Waals surface area contributed by atoms with Gasteiger partial charge < -0.3 is 19.3 Å². The Kier molecular flexibility index (Phi) is 5.55. The summed E-state index contributed by atoms with van der Waals surface area (Å²) in [5, 5.41) is -0.126. The Morgan fingerprint density at radius 1 is 0.408 bits per heavy atom. The molecule has 0 N–H and O–H groups in total. The lowest BCUT2D eigenvalue weighted by Gasteiger charge is -2.46. The van der Waals surface area contributed by atoms with Crippen molar-refractivity contribution in [2.75, 3.05) is 14.7 Å². The van der Waals surface area contributed by atoms with E-state index in [1.165, 1.54) is 16.4 Å². The lowest BCUT2D eigenvalue weighted by molar-refractivity contribution is 0.590. The first kappa shape index (κ1) is 25.4. The number of hydrogen-bond donors (Lipinski definition) is 0. The lowest BCUT2D eigenvalue weighted by Crippen LogP contribution is -2.61. The molecular formula is C71H69BN4. The Morgan fingerprint density at radius 3 is 1.57 bits per heavy atom. The largest absolute Gasteiger partial charge is 0.311 e. The van der Waals surface area contributed by atoms with Crippen molar-refractivity contribution in [3.8, 4) is 16.8 Å². The third kappa shape index (κ3) is 7.47. The van der Waals surface area contributed by atoms with E-state index in [4.69, 9.17) is 6.85 Å². The molecule has 4 nitrogen and oxygen atoms in total. The van der Waals surface area contributed by atoms with Gasteiger partial charge in [0.1, 0.15) is 0 Å². The van der Waals surface area contributed by atoms with E-state index in [1.807, 2.05) is 0 Å². The Labute approximate surface area is 493 Å². The van der Waals surface area contributed by atoms with Crippen LogP contribution < -0.4 is 31.1 Å². The third-order valence-corrected chi connectivity index (χ3v) is 13.9. The van der Waals surface area contributed by atoms with E-state index < -0.39 is 254 Å². The van der Waals surface area contributed by atoms with Crippen LogP contribution in [0.4, 0.5) is 51.2 Å². The van der Waals surface area contributed by atoms with Crippen LogP contribution in [0.5, 0.6) is 0 Å². The lowest BCUT2D eigenvalue weighted by atomic mass is 9.33. The predicted octanol–water partition coefficient (Wildman–Crippen LogP) is 17.8. The van der Waals surface area contributed by atoms with Crippen LogP contribution in [0.15, 0.2) is 181 Å². The van der Waals surface area contributed by atoms with Gasteiger partial charge in [-0.1, -0.05) is 174 Å². The normalized spacial score (nSPS) is 19.3. The van der Waals surface area contributed by atoms with Crippen molar-refractivity contribution in [1.82, 2.24) is 4.57 Å². The number of aromatic nitrogens is 1. The van der Waals surface area contributed by atoms with Crippen LogP contribution in [0, 0.1) is 6.92 Å². The molecule has 0 atom stereocenters. The average Bonchev–Trinajstić information content (AvgIpc) is 1.22. The number of rotatable bonds is 5. The van der Waals surface area contributed by atoms with Crippen LogP contribution in [0.1, 0.15) is 152 Å².